The molecule has 6 rings (SSSR count). The molecule has 5 amide bonds. The molecule has 2 saturated carbocycles. The number of carbonyl (C=O) groups excluding carboxylic acids is 4. The summed E-state index contributed by atoms with van der Waals surface area (Å²) in [6.07, 6.45) is 8.88. The van der Waals surface area contributed by atoms with Crippen LogP contribution in [0.3, 0.4) is 0 Å². The number of aryl methyl sites for hydroxylation is 1. The zero-order chi connectivity index (χ0) is 30.2. The van der Waals surface area contributed by atoms with Crippen molar-refractivity contribution >= 4 is 39.6 Å². The minimum Gasteiger partial charge on any atom is -0.444 e. The molecule has 3 heterocycles. The summed E-state index contributed by atoms with van der Waals surface area (Å²) < 4.78 is 33.3. The largest absolute Gasteiger partial charge is 0.444 e. The van der Waals surface area contributed by atoms with Crippen LogP contribution in [0.25, 0.3) is 0 Å². The number of rotatable bonds is 4. The van der Waals surface area contributed by atoms with Crippen LogP contribution in [0.1, 0.15) is 63.4 Å². The highest BCUT2D eigenvalue weighted by molar-refractivity contribution is 7.91. The molecule has 0 bridgehead atoms. The number of allylic oxidation sites excluding steroid dienone is 1. The number of anilines is 1. The van der Waals surface area contributed by atoms with E-state index in [0.717, 1.165) is 49.8 Å². The predicted octanol–water partition coefficient (Wildman–Crippen LogP) is 2.34. The van der Waals surface area contributed by atoms with E-state index in [1.165, 1.54) is 4.90 Å². The number of hydrogen-bond donors (Lipinski definition) is 3. The highest BCUT2D eigenvalue weighted by Gasteiger charge is 2.62. The van der Waals surface area contributed by atoms with Gasteiger partial charge in [0.05, 0.1) is 17.5 Å². The van der Waals surface area contributed by atoms with Crippen LogP contribution in [-0.4, -0.2) is 79.8 Å². The molecule has 1 aromatic rings. The molecule has 1 saturated heterocycles. The molecule has 0 radical (unpaired) electrons. The molecule has 4 unspecified atom stereocenters. The first kappa shape index (κ1) is 29.5. The number of nitrogens with one attached hydrogen (secondary N) is 3. The Kier molecular flexibility index (Phi) is 8.10. The van der Waals surface area contributed by atoms with Crippen LogP contribution in [0, 0.1) is 5.92 Å². The molecule has 3 N–H and O–H groups in total. The van der Waals surface area contributed by atoms with Crippen molar-refractivity contribution in [1.29, 1.82) is 0 Å². The Balaban J connectivity index is 1.20. The molecule has 4 atom stereocenters. The molecule has 43 heavy (non-hydrogen) atoms. The van der Waals surface area contributed by atoms with Gasteiger partial charge in [0.15, 0.2) is 0 Å². The summed E-state index contributed by atoms with van der Waals surface area (Å²) in [4.78, 5) is 56.7. The Morgan fingerprint density at radius 1 is 1.07 bits per heavy atom. The molecule has 232 valence electrons. The van der Waals surface area contributed by atoms with Gasteiger partial charge in [0.25, 0.3) is 5.91 Å². The number of hydrogen-bond acceptors (Lipinski definition) is 7. The van der Waals surface area contributed by atoms with Crippen molar-refractivity contribution < 1.29 is 32.3 Å². The monoisotopic (exact) mass is 613 g/mol. The van der Waals surface area contributed by atoms with Crippen LogP contribution in [0.15, 0.2) is 36.4 Å². The van der Waals surface area contributed by atoms with Gasteiger partial charge in [-0.15, -0.1) is 0 Å². The summed E-state index contributed by atoms with van der Waals surface area (Å²) in [5.41, 5.74) is 0.428. The number of benzene rings is 1. The molecular formula is C30H39N5O7S. The zero-order valence-electron chi connectivity index (χ0n) is 24.1. The number of amides is 5. The van der Waals surface area contributed by atoms with E-state index in [4.69, 9.17) is 4.74 Å². The van der Waals surface area contributed by atoms with E-state index >= 15 is 0 Å². The van der Waals surface area contributed by atoms with Crippen molar-refractivity contribution in [3.8, 4) is 0 Å². The average Bonchev–Trinajstić information content (AvgIpc) is 3.91. The number of carbonyl (C=O) groups is 4. The third-order valence-corrected chi connectivity index (χ3v) is 10.9. The second-order valence-electron chi connectivity index (χ2n) is 12.2. The minimum atomic E-state index is -3.82. The van der Waals surface area contributed by atoms with Crippen LogP contribution in [0.5, 0.6) is 0 Å². The molecule has 5 aliphatic rings. The van der Waals surface area contributed by atoms with Gasteiger partial charge in [0.2, 0.25) is 15.9 Å². The second kappa shape index (κ2) is 11.8. The fourth-order valence-corrected chi connectivity index (χ4v) is 7.74. The molecular weight excluding hydrogens is 574 g/mol. The van der Waals surface area contributed by atoms with Gasteiger partial charge in [-0.05, 0) is 63.0 Å². The number of para-hydroxylation sites is 1. The summed E-state index contributed by atoms with van der Waals surface area (Å²) in [5, 5.41) is 5.11. The molecule has 0 spiro atoms. The van der Waals surface area contributed by atoms with Crippen molar-refractivity contribution in [2.45, 2.75) is 87.1 Å². The van der Waals surface area contributed by atoms with Crippen LogP contribution < -0.4 is 20.3 Å². The van der Waals surface area contributed by atoms with E-state index in [1.807, 2.05) is 36.4 Å². The van der Waals surface area contributed by atoms with E-state index in [9.17, 15) is 27.6 Å². The molecule has 1 aromatic carbocycles. The van der Waals surface area contributed by atoms with E-state index in [1.54, 1.807) is 4.90 Å². The van der Waals surface area contributed by atoms with Crippen LogP contribution in [-0.2, 0) is 30.8 Å². The Labute approximate surface area is 251 Å². The topological polar surface area (TPSA) is 154 Å². The summed E-state index contributed by atoms with van der Waals surface area (Å²) in [5.74, 6) is -1.71. The summed E-state index contributed by atoms with van der Waals surface area (Å²) in [6, 6.07) is 6.21. The fraction of sp³-hybridized carbons (Fsp3) is 0.600. The molecule has 12 nitrogen and oxygen atoms in total. The summed E-state index contributed by atoms with van der Waals surface area (Å²) in [6.45, 7) is 0.965. The Bertz CT molecular complexity index is 1430. The van der Waals surface area contributed by atoms with Gasteiger partial charge in [-0.2, -0.15) is 0 Å². The first-order chi connectivity index (χ1) is 20.7. The number of fused-ring (bicyclic) bond motifs is 3. The van der Waals surface area contributed by atoms with Crippen molar-refractivity contribution in [2.24, 2.45) is 5.92 Å². The lowest BCUT2D eigenvalue weighted by Gasteiger charge is -2.29. The van der Waals surface area contributed by atoms with Gasteiger partial charge in [-0.25, -0.2) is 18.0 Å². The maximum atomic E-state index is 13.8. The van der Waals surface area contributed by atoms with Crippen LogP contribution in [0.2, 0.25) is 0 Å². The van der Waals surface area contributed by atoms with E-state index in [0.29, 0.717) is 25.9 Å². The zero-order valence-corrected chi connectivity index (χ0v) is 24.9. The van der Waals surface area contributed by atoms with Gasteiger partial charge in [0.1, 0.15) is 17.7 Å². The van der Waals surface area contributed by atoms with Gasteiger partial charge < -0.3 is 20.3 Å². The highest BCUT2D eigenvalue weighted by Crippen LogP contribution is 2.46. The number of urea groups is 1. The second-order valence-corrected chi connectivity index (χ2v) is 14.2. The quantitative estimate of drug-likeness (QED) is 0.441. The number of ether oxygens (including phenoxy) is 1. The van der Waals surface area contributed by atoms with Crippen LogP contribution in [0.4, 0.5) is 15.3 Å². The first-order valence-electron chi connectivity index (χ1n) is 15.3. The maximum Gasteiger partial charge on any atom is 0.414 e. The maximum absolute atomic E-state index is 13.8. The van der Waals surface area contributed by atoms with E-state index in [-0.39, 0.29) is 25.3 Å². The molecule has 3 fully saturated rings. The lowest BCUT2D eigenvalue weighted by Crippen LogP contribution is -2.57. The average molecular weight is 614 g/mol. The Morgan fingerprint density at radius 3 is 2.70 bits per heavy atom. The van der Waals surface area contributed by atoms with Crippen LogP contribution >= 0.6 is 0 Å². The SMILES string of the molecule is O=C1NC2(C(=O)NS(=O)(=O)C3CC3)CC2/C=C/CCCCCNC(=O)N2CC(OC(=O)N3CCCc4ccccc43)CC12. The number of nitrogens with zero attached hydrogens (tertiary/aromatic N) is 2. The smallest absolute Gasteiger partial charge is 0.414 e. The Morgan fingerprint density at radius 2 is 1.88 bits per heavy atom. The van der Waals surface area contributed by atoms with Crippen molar-refractivity contribution in [1.82, 2.24) is 20.3 Å². The Hall–Kier alpha value is -3.61. The number of sulfonamides is 1. The van der Waals surface area contributed by atoms with Crippen molar-refractivity contribution in [2.75, 3.05) is 24.5 Å². The molecule has 13 heteroatoms. The predicted molar refractivity (Wildman–Crippen MR) is 158 cm³/mol. The molecule has 0 aromatic heterocycles. The van der Waals surface area contributed by atoms with Gasteiger partial charge >= 0.3 is 12.1 Å². The third kappa shape index (κ3) is 6.22. The highest BCUT2D eigenvalue weighted by atomic mass is 32.2. The lowest BCUT2D eigenvalue weighted by atomic mass is 10.0. The van der Waals surface area contributed by atoms with E-state index in [2.05, 4.69) is 15.4 Å². The molecule has 3 aliphatic heterocycles. The van der Waals surface area contributed by atoms with Gasteiger partial charge in [0, 0.05) is 25.4 Å². The summed E-state index contributed by atoms with van der Waals surface area (Å²) in [7, 11) is -3.82. The van der Waals surface area contributed by atoms with Crippen molar-refractivity contribution in [3.63, 3.8) is 0 Å². The van der Waals surface area contributed by atoms with Gasteiger partial charge in [-0.3, -0.25) is 19.2 Å². The van der Waals surface area contributed by atoms with E-state index < -0.39 is 56.9 Å². The lowest BCUT2D eigenvalue weighted by molar-refractivity contribution is -0.131. The summed E-state index contributed by atoms with van der Waals surface area (Å²) >= 11 is 0. The minimum absolute atomic E-state index is 0.0176. The van der Waals surface area contributed by atoms with Crippen molar-refractivity contribution in [3.05, 3.63) is 42.0 Å². The molecule has 2 aliphatic carbocycles. The fourth-order valence-electron chi connectivity index (χ4n) is 6.37. The third-order valence-electron chi connectivity index (χ3n) is 9.08. The van der Waals surface area contributed by atoms with Gasteiger partial charge in [-0.1, -0.05) is 36.8 Å². The first-order valence-corrected chi connectivity index (χ1v) is 16.9. The standard InChI is InChI=1S/C30H39N5O7S/c36-26-25-17-22(42-29(39)34-16-8-10-20-9-5-6-12-24(20)34)19-35(25)28(38)31-15-7-3-1-2-4-11-21-18-30(21,32-26)27(37)33-43(40,41)23-13-14-23/h4-6,9,11-12,21-23,25H,1-3,7-8,10,13-19H2,(H,31,38)(H,32,36)(H,33,37)/b11-4+. The normalized spacial score (nSPS) is 30.3.